The topological polar surface area (TPSA) is 105 Å². The predicted molar refractivity (Wildman–Crippen MR) is 122 cm³/mol. The Labute approximate surface area is 188 Å². The van der Waals surface area contributed by atoms with Crippen LogP contribution in [0.5, 0.6) is 0 Å². The molecule has 2 aromatic heterocycles. The van der Waals surface area contributed by atoms with Gasteiger partial charge in [0.2, 0.25) is 16.0 Å². The highest BCUT2D eigenvalue weighted by Crippen LogP contribution is 2.40. The van der Waals surface area contributed by atoms with E-state index >= 15 is 0 Å². The number of nitrogens with one attached hydrogen (secondary N) is 2. The van der Waals surface area contributed by atoms with Crippen LogP contribution in [0.1, 0.15) is 33.6 Å². The monoisotopic (exact) mass is 467 g/mol. The minimum absolute atomic E-state index is 0.134. The summed E-state index contributed by atoms with van der Waals surface area (Å²) in [7, 11) is -3.12. The highest BCUT2D eigenvalue weighted by Gasteiger charge is 2.43. The predicted octanol–water partition coefficient (Wildman–Crippen LogP) is 3.20. The number of rotatable bonds is 6. The van der Waals surface area contributed by atoms with Crippen LogP contribution in [0, 0.1) is 17.3 Å². The maximum Gasteiger partial charge on any atom is 0.229 e. The lowest BCUT2D eigenvalue weighted by Gasteiger charge is -2.19. The van der Waals surface area contributed by atoms with E-state index in [4.69, 9.17) is 11.6 Å². The second-order valence-corrected chi connectivity index (χ2v) is 12.3. The molecule has 2 atom stereocenters. The molecule has 1 aliphatic carbocycles. The SMILES string of the molecule is CC(C)(C)Cn1cc(Nc2ncc(Cl)c(NC3CC4CN(S(C)(=O)=O)CC4C3)n2)cn1. The van der Waals surface area contributed by atoms with Crippen molar-refractivity contribution in [2.24, 2.45) is 17.3 Å². The van der Waals surface area contributed by atoms with E-state index in [0.717, 1.165) is 25.1 Å². The fraction of sp³-hybridized carbons (Fsp3) is 0.650. The van der Waals surface area contributed by atoms with Crippen molar-refractivity contribution in [1.29, 1.82) is 0 Å². The highest BCUT2D eigenvalue weighted by atomic mass is 35.5. The summed E-state index contributed by atoms with van der Waals surface area (Å²) in [5.74, 6) is 1.79. The Morgan fingerprint density at radius 1 is 1.19 bits per heavy atom. The second-order valence-electron chi connectivity index (χ2n) is 9.92. The van der Waals surface area contributed by atoms with Crippen molar-refractivity contribution in [1.82, 2.24) is 24.1 Å². The van der Waals surface area contributed by atoms with Crippen LogP contribution in [0.25, 0.3) is 0 Å². The summed E-state index contributed by atoms with van der Waals surface area (Å²) < 4.78 is 27.1. The summed E-state index contributed by atoms with van der Waals surface area (Å²) in [6.45, 7) is 8.51. The van der Waals surface area contributed by atoms with Gasteiger partial charge in [-0.1, -0.05) is 32.4 Å². The van der Waals surface area contributed by atoms with Crippen LogP contribution in [-0.2, 0) is 16.6 Å². The third kappa shape index (κ3) is 5.48. The Morgan fingerprint density at radius 3 is 2.48 bits per heavy atom. The van der Waals surface area contributed by atoms with E-state index in [-0.39, 0.29) is 11.5 Å². The third-order valence-corrected chi connectivity index (χ3v) is 7.31. The molecule has 2 aliphatic rings. The van der Waals surface area contributed by atoms with Crippen molar-refractivity contribution in [2.75, 3.05) is 30.0 Å². The number of fused-ring (bicyclic) bond motifs is 1. The standard InChI is InChI=1S/C20H30ClN7O2S/c1-20(2,3)12-27-11-16(7-23-27)25-19-22-8-17(21)18(26-19)24-15-5-13-9-28(31(4,29)30)10-14(13)6-15/h7-8,11,13-15H,5-6,9-10,12H2,1-4H3,(H2,22,24,25,26). The molecule has 9 nitrogen and oxygen atoms in total. The van der Waals surface area contributed by atoms with Crippen LogP contribution in [0.2, 0.25) is 5.02 Å². The molecular formula is C20H30ClN7O2S. The molecule has 0 spiro atoms. The molecule has 2 N–H and O–H groups in total. The molecule has 4 rings (SSSR count). The molecule has 11 heteroatoms. The van der Waals surface area contributed by atoms with Gasteiger partial charge in [-0.2, -0.15) is 10.1 Å². The van der Waals surface area contributed by atoms with Crippen LogP contribution in [0.4, 0.5) is 17.5 Å². The molecule has 1 aliphatic heterocycles. The molecule has 3 heterocycles. The Hall–Kier alpha value is -1.91. The zero-order chi connectivity index (χ0) is 22.4. The highest BCUT2D eigenvalue weighted by molar-refractivity contribution is 7.88. The molecule has 0 radical (unpaired) electrons. The zero-order valence-corrected chi connectivity index (χ0v) is 19.9. The quantitative estimate of drug-likeness (QED) is 0.672. The average Bonchev–Trinajstić information content (AvgIpc) is 3.31. The zero-order valence-electron chi connectivity index (χ0n) is 18.3. The smallest absolute Gasteiger partial charge is 0.229 e. The van der Waals surface area contributed by atoms with Crippen molar-refractivity contribution < 1.29 is 8.42 Å². The largest absolute Gasteiger partial charge is 0.366 e. The number of aromatic nitrogens is 4. The van der Waals surface area contributed by atoms with Gasteiger partial charge >= 0.3 is 0 Å². The van der Waals surface area contributed by atoms with Gasteiger partial charge in [0.15, 0.2) is 5.82 Å². The van der Waals surface area contributed by atoms with Gasteiger partial charge in [0.1, 0.15) is 5.02 Å². The summed E-state index contributed by atoms with van der Waals surface area (Å²) >= 11 is 6.34. The number of nitrogens with zero attached hydrogens (tertiary/aromatic N) is 5. The lowest BCUT2D eigenvalue weighted by atomic mass is 9.97. The molecule has 0 bridgehead atoms. The normalized spacial score (nSPS) is 24.4. The van der Waals surface area contributed by atoms with Crippen LogP contribution >= 0.6 is 11.6 Å². The van der Waals surface area contributed by atoms with E-state index in [1.165, 1.54) is 6.26 Å². The molecule has 2 unspecified atom stereocenters. The molecule has 2 fully saturated rings. The fourth-order valence-electron chi connectivity index (χ4n) is 4.50. The van der Waals surface area contributed by atoms with Gasteiger partial charge < -0.3 is 10.6 Å². The number of hydrogen-bond acceptors (Lipinski definition) is 7. The van der Waals surface area contributed by atoms with Gasteiger partial charge in [-0.3, -0.25) is 4.68 Å². The van der Waals surface area contributed by atoms with E-state index in [9.17, 15) is 8.42 Å². The Morgan fingerprint density at radius 2 is 1.87 bits per heavy atom. The maximum absolute atomic E-state index is 11.8. The Kier molecular flexibility index (Phi) is 5.91. The molecule has 2 aromatic rings. The van der Waals surface area contributed by atoms with Gasteiger partial charge in [0.25, 0.3) is 0 Å². The fourth-order valence-corrected chi connectivity index (χ4v) is 5.57. The first-order valence-corrected chi connectivity index (χ1v) is 12.7. The Bertz CT molecular complexity index is 1040. The van der Waals surface area contributed by atoms with Crippen LogP contribution in [-0.4, -0.2) is 57.9 Å². The lowest BCUT2D eigenvalue weighted by Crippen LogP contribution is -2.30. The van der Waals surface area contributed by atoms with Crippen molar-refractivity contribution in [2.45, 2.75) is 46.2 Å². The first-order chi connectivity index (χ1) is 14.5. The number of hydrogen-bond donors (Lipinski definition) is 2. The lowest BCUT2D eigenvalue weighted by molar-refractivity contribution is 0.325. The van der Waals surface area contributed by atoms with Crippen molar-refractivity contribution >= 4 is 39.1 Å². The van der Waals surface area contributed by atoms with Gasteiger partial charge in [0, 0.05) is 31.9 Å². The summed E-state index contributed by atoms with van der Waals surface area (Å²) in [5, 5.41) is 11.5. The molecule has 1 saturated carbocycles. The first kappa shape index (κ1) is 22.3. The van der Waals surface area contributed by atoms with Crippen LogP contribution in [0.3, 0.4) is 0 Å². The summed E-state index contributed by atoms with van der Waals surface area (Å²) in [4.78, 5) is 8.84. The molecule has 0 amide bonds. The summed E-state index contributed by atoms with van der Waals surface area (Å²) in [6, 6.07) is 0.214. The third-order valence-electron chi connectivity index (χ3n) is 5.80. The van der Waals surface area contributed by atoms with Gasteiger partial charge in [-0.25, -0.2) is 17.7 Å². The van der Waals surface area contributed by atoms with E-state index in [0.29, 0.717) is 41.7 Å². The minimum atomic E-state index is -3.12. The minimum Gasteiger partial charge on any atom is -0.366 e. The van der Waals surface area contributed by atoms with Crippen molar-refractivity contribution in [3.05, 3.63) is 23.6 Å². The number of halogens is 1. The molecule has 0 aromatic carbocycles. The van der Waals surface area contributed by atoms with E-state index in [2.05, 4.69) is 46.5 Å². The van der Waals surface area contributed by atoms with E-state index in [1.54, 1.807) is 16.7 Å². The molecule has 170 valence electrons. The molecule has 1 saturated heterocycles. The van der Waals surface area contributed by atoms with Gasteiger partial charge in [0.05, 0.1) is 24.3 Å². The van der Waals surface area contributed by atoms with Gasteiger partial charge in [-0.05, 0) is 30.1 Å². The summed E-state index contributed by atoms with van der Waals surface area (Å²) in [5.41, 5.74) is 0.948. The van der Waals surface area contributed by atoms with Crippen LogP contribution in [0.15, 0.2) is 18.6 Å². The van der Waals surface area contributed by atoms with Crippen molar-refractivity contribution in [3.63, 3.8) is 0 Å². The van der Waals surface area contributed by atoms with Crippen molar-refractivity contribution in [3.8, 4) is 0 Å². The summed E-state index contributed by atoms with van der Waals surface area (Å²) in [6.07, 6.45) is 8.36. The first-order valence-electron chi connectivity index (χ1n) is 10.5. The number of anilines is 3. The van der Waals surface area contributed by atoms with E-state index < -0.39 is 10.0 Å². The maximum atomic E-state index is 11.8. The molecular weight excluding hydrogens is 438 g/mol. The average molecular weight is 468 g/mol. The number of sulfonamides is 1. The van der Waals surface area contributed by atoms with Gasteiger partial charge in [-0.15, -0.1) is 0 Å². The second kappa shape index (κ2) is 8.22. The van der Waals surface area contributed by atoms with Crippen LogP contribution < -0.4 is 10.6 Å². The van der Waals surface area contributed by atoms with E-state index in [1.807, 2.05) is 10.9 Å². The molecule has 31 heavy (non-hydrogen) atoms. The Balaban J connectivity index is 1.38.